The number of hydrogen-bond donors (Lipinski definition) is 3. The number of nitro benzene ring substituents is 2. The lowest BCUT2D eigenvalue weighted by molar-refractivity contribution is -0.385. The van der Waals surface area contributed by atoms with Gasteiger partial charge < -0.3 is 20.1 Å². The molecule has 344 valence electrons. The van der Waals surface area contributed by atoms with Crippen LogP contribution in [0.3, 0.4) is 0 Å². The number of alkyl halides is 1. The molecule has 0 aliphatic heterocycles. The van der Waals surface area contributed by atoms with Crippen molar-refractivity contribution in [3.8, 4) is 0 Å². The molecule has 65 heavy (non-hydrogen) atoms. The largest absolute Gasteiger partial charge is 0.481 e. The Morgan fingerprint density at radius 3 is 1.54 bits per heavy atom. The van der Waals surface area contributed by atoms with Crippen molar-refractivity contribution in [3.05, 3.63) is 174 Å². The van der Waals surface area contributed by atoms with Gasteiger partial charge >= 0.3 is 11.9 Å². The zero-order valence-corrected chi connectivity index (χ0v) is 36.9. The predicted octanol–water partition coefficient (Wildman–Crippen LogP) is 11.6. The number of hydrogen-bond acceptors (Lipinski definition) is 9. The first-order valence-electron chi connectivity index (χ1n) is 21.3. The second kappa shape index (κ2) is 18.1. The van der Waals surface area contributed by atoms with Crippen LogP contribution in [0.15, 0.2) is 109 Å². The third kappa shape index (κ3) is 8.14. The van der Waals surface area contributed by atoms with Gasteiger partial charge in [0.1, 0.15) is 6.61 Å². The molecule has 4 aromatic rings. The second-order valence-electron chi connectivity index (χ2n) is 18.6. The average molecular weight is 952 g/mol. The minimum atomic E-state index is -0.899. The van der Waals surface area contributed by atoms with Gasteiger partial charge in [-0.2, -0.15) is 0 Å². The van der Waals surface area contributed by atoms with Crippen molar-refractivity contribution < 1.29 is 39.5 Å². The van der Waals surface area contributed by atoms with Crippen LogP contribution in [0.1, 0.15) is 134 Å². The van der Waals surface area contributed by atoms with E-state index in [-0.39, 0.29) is 56.1 Å². The summed E-state index contributed by atoms with van der Waals surface area (Å²) >= 11 is 3.25. The number of carbonyl (C=O) groups is 2. The number of rotatable bonds is 7. The number of aliphatic hydroxyl groups is 2. The maximum atomic E-state index is 13.5. The van der Waals surface area contributed by atoms with Crippen LogP contribution in [0.4, 0.5) is 11.4 Å². The van der Waals surface area contributed by atoms with Crippen LogP contribution >= 0.6 is 15.9 Å². The highest BCUT2D eigenvalue weighted by Crippen LogP contribution is 2.73. The summed E-state index contributed by atoms with van der Waals surface area (Å²) in [5, 5.41) is 53.6. The van der Waals surface area contributed by atoms with Gasteiger partial charge in [-0.05, 0) is 145 Å². The lowest BCUT2D eigenvalue weighted by Gasteiger charge is -2.41. The number of nitrogens with zero attached hydrogens (tertiary/aromatic N) is 2. The number of non-ortho nitro benzene ring substituents is 2. The summed E-state index contributed by atoms with van der Waals surface area (Å²) in [6.45, 7) is 12.3. The Morgan fingerprint density at radius 1 is 0.708 bits per heavy atom. The van der Waals surface area contributed by atoms with Gasteiger partial charge in [-0.1, -0.05) is 92.5 Å². The monoisotopic (exact) mass is 950 g/mol. The maximum absolute atomic E-state index is 13.5. The molecule has 10 rings (SSSR count). The summed E-state index contributed by atoms with van der Waals surface area (Å²) in [6, 6.07) is 24.8. The van der Waals surface area contributed by atoms with Crippen molar-refractivity contribution in [2.75, 3.05) is 0 Å². The van der Waals surface area contributed by atoms with E-state index in [1.165, 1.54) is 35.4 Å². The Kier molecular flexibility index (Phi) is 13.6. The van der Waals surface area contributed by atoms with Crippen LogP contribution in [0.25, 0.3) is 0 Å². The van der Waals surface area contributed by atoms with Crippen molar-refractivity contribution in [3.63, 3.8) is 0 Å². The molecule has 6 aliphatic carbocycles. The highest BCUT2D eigenvalue weighted by Gasteiger charge is 2.67. The molecule has 0 heterocycles. The van der Waals surface area contributed by atoms with E-state index in [0.717, 1.165) is 57.1 Å². The van der Waals surface area contributed by atoms with Crippen LogP contribution in [-0.4, -0.2) is 48.3 Å². The van der Waals surface area contributed by atoms with Gasteiger partial charge in [-0.25, -0.2) is 0 Å². The van der Waals surface area contributed by atoms with E-state index < -0.39 is 44.3 Å². The summed E-state index contributed by atoms with van der Waals surface area (Å²) < 4.78 is 5.77. The molecule has 8 atom stereocenters. The van der Waals surface area contributed by atoms with Gasteiger partial charge in [0.15, 0.2) is 0 Å². The Hall–Kier alpha value is -5.50. The fourth-order valence-electron chi connectivity index (χ4n) is 12.5. The molecule has 0 aromatic heterocycles. The van der Waals surface area contributed by atoms with Crippen LogP contribution in [-0.2, 0) is 26.3 Å². The molecule has 4 aromatic carbocycles. The molecular formula is C52H59BrN2O10. The van der Waals surface area contributed by atoms with Crippen molar-refractivity contribution in [2.45, 2.75) is 127 Å². The standard InChI is InChI=1S/C25H25NO5.C18H20O3.C7H6BrNO2.2CH4/c1-15-4-3-5-19-20-10-11-25(28)14-24(20,12-16(25)2)22(21(15)19)23(27)31-13-17-6-8-18(9-7-17)26(29)30;1-10-4-3-5-12-13-6-7-18(21)9-17(13,8-11(18)2)15(14(10)12)16(19)20;8-5-6-1-3-7(4-2-6)9(10)11;;/h3-9,20,22,28H,2,10-14H2,1H3;3-5,13,15,21H,2,6-9H2,1H3,(H,19,20);1-4H,5H2;2*1H4/t20-,22+,24-,25-;13-,15+,17-,18-;;;/m00.../s1. The molecule has 13 heteroatoms. The SMILES string of the molecule is C.C.C=C1C[C@]23C[C@@]1(O)CC[C@H]2c1cccc(C)c1[C@@H]3C(=O)O.C=C1C[C@]23C[C@@]1(O)CC[C@H]2c1cccc(C)c1[C@@H]3C(=O)OCc1ccc([N+](=O)[O-])cc1.O=[N+]([O-])c1ccc(CBr)cc1. The third-order valence-electron chi connectivity index (χ3n) is 15.2. The number of nitro groups is 2. The molecule has 0 saturated heterocycles. The van der Waals surface area contributed by atoms with Crippen molar-refractivity contribution in [1.29, 1.82) is 0 Å². The summed E-state index contributed by atoms with van der Waals surface area (Å²) in [5.41, 5.74) is 7.58. The van der Waals surface area contributed by atoms with E-state index in [1.54, 1.807) is 24.3 Å². The number of esters is 1. The van der Waals surface area contributed by atoms with E-state index >= 15 is 0 Å². The molecule has 2 spiro atoms. The Labute approximate surface area is 388 Å². The molecule has 4 fully saturated rings. The zero-order valence-electron chi connectivity index (χ0n) is 35.3. The summed E-state index contributed by atoms with van der Waals surface area (Å²) in [4.78, 5) is 45.8. The zero-order chi connectivity index (χ0) is 45.2. The first-order valence-corrected chi connectivity index (χ1v) is 22.4. The maximum Gasteiger partial charge on any atom is 0.314 e. The van der Waals surface area contributed by atoms with Crippen LogP contribution in [0, 0.1) is 44.9 Å². The average Bonchev–Trinajstić information content (AvgIpc) is 3.84. The fourth-order valence-corrected chi connectivity index (χ4v) is 12.8. The number of ether oxygens (including phenoxy) is 1. The van der Waals surface area contributed by atoms with E-state index in [1.807, 2.05) is 38.1 Å². The Bertz CT molecular complexity index is 2560. The minimum absolute atomic E-state index is 0. The number of halogens is 1. The summed E-state index contributed by atoms with van der Waals surface area (Å²) in [6.07, 6.45) is 5.42. The van der Waals surface area contributed by atoms with Gasteiger partial charge in [-0.3, -0.25) is 29.8 Å². The third-order valence-corrected chi connectivity index (χ3v) is 15.9. The Morgan fingerprint density at radius 2 is 1.12 bits per heavy atom. The Balaban J connectivity index is 0.000000178. The van der Waals surface area contributed by atoms with E-state index in [0.29, 0.717) is 44.1 Å². The number of carboxylic acid groups (broad SMARTS) is 1. The number of carboxylic acids is 1. The summed E-state index contributed by atoms with van der Waals surface area (Å²) in [7, 11) is 0. The molecule has 0 unspecified atom stereocenters. The van der Waals surface area contributed by atoms with Gasteiger partial charge in [-0.15, -0.1) is 0 Å². The smallest absolute Gasteiger partial charge is 0.314 e. The number of aryl methyl sites for hydroxylation is 2. The van der Waals surface area contributed by atoms with Crippen molar-refractivity contribution >= 4 is 39.2 Å². The first-order chi connectivity index (χ1) is 29.9. The van der Waals surface area contributed by atoms with Crippen molar-refractivity contribution in [2.24, 2.45) is 10.8 Å². The van der Waals surface area contributed by atoms with Gasteiger partial charge in [0.2, 0.25) is 0 Å². The fraction of sp³-hybridized carbons (Fsp3) is 0.423. The van der Waals surface area contributed by atoms with Gasteiger partial charge in [0, 0.05) is 40.4 Å². The summed E-state index contributed by atoms with van der Waals surface area (Å²) in [5.74, 6) is -1.56. The number of fused-ring (bicyclic) bond motifs is 6. The predicted molar refractivity (Wildman–Crippen MR) is 253 cm³/mol. The van der Waals surface area contributed by atoms with Crippen LogP contribution in [0.2, 0.25) is 0 Å². The van der Waals surface area contributed by atoms with Gasteiger partial charge in [0.05, 0.1) is 32.9 Å². The van der Waals surface area contributed by atoms with E-state index in [2.05, 4.69) is 41.2 Å². The molecule has 0 radical (unpaired) electrons. The van der Waals surface area contributed by atoms with Crippen molar-refractivity contribution in [1.82, 2.24) is 0 Å². The second-order valence-corrected chi connectivity index (χ2v) is 19.1. The first kappa shape index (κ1) is 48.9. The molecule has 4 saturated carbocycles. The minimum Gasteiger partial charge on any atom is -0.481 e. The molecule has 0 amide bonds. The number of carbonyl (C=O) groups excluding carboxylic acids is 1. The normalized spacial score (nSPS) is 29.1. The molecular weight excluding hydrogens is 892 g/mol. The van der Waals surface area contributed by atoms with Crippen LogP contribution < -0.4 is 0 Å². The number of benzene rings is 4. The lowest BCUT2D eigenvalue weighted by Crippen LogP contribution is -2.40. The van der Waals surface area contributed by atoms with E-state index in [4.69, 9.17) is 4.74 Å². The van der Waals surface area contributed by atoms with Gasteiger partial charge in [0.25, 0.3) is 11.4 Å². The quantitative estimate of drug-likeness (QED) is 0.0528. The highest BCUT2D eigenvalue weighted by molar-refractivity contribution is 9.08. The molecule has 12 nitrogen and oxygen atoms in total. The topological polar surface area (TPSA) is 190 Å². The molecule has 3 N–H and O–H groups in total. The molecule has 6 aliphatic rings. The molecule has 4 bridgehead atoms. The number of aliphatic carboxylic acids is 1. The highest BCUT2D eigenvalue weighted by atomic mass is 79.9. The van der Waals surface area contributed by atoms with Crippen LogP contribution in [0.5, 0.6) is 0 Å². The lowest BCUT2D eigenvalue weighted by atomic mass is 9.63. The van der Waals surface area contributed by atoms with E-state index in [9.17, 15) is 45.1 Å².